The third-order valence-corrected chi connectivity index (χ3v) is 5.87. The molecule has 2 N–H and O–H groups in total. The Hall–Kier alpha value is -5.39. The molecule has 0 radical (unpaired) electrons. The van der Waals surface area contributed by atoms with Gasteiger partial charge in [-0.2, -0.15) is 5.10 Å². The Morgan fingerprint density at radius 2 is 1.80 bits per heavy atom. The third kappa shape index (κ3) is 6.35. The fourth-order valence-electron chi connectivity index (χ4n) is 3.86. The molecule has 0 bridgehead atoms. The van der Waals surface area contributed by atoms with Gasteiger partial charge in [-0.15, -0.1) is 0 Å². The number of hydrogen-bond donors (Lipinski definition) is 2. The summed E-state index contributed by atoms with van der Waals surface area (Å²) in [6, 6.07) is 18.8. The number of aryl methyl sites for hydroxylation is 2. The number of aromatic nitrogens is 1. The third-order valence-electron chi connectivity index (χ3n) is 5.87. The number of nitro groups is 1. The van der Waals surface area contributed by atoms with E-state index in [2.05, 4.69) is 27.2 Å². The van der Waals surface area contributed by atoms with E-state index in [0.717, 1.165) is 23.3 Å². The van der Waals surface area contributed by atoms with Crippen molar-refractivity contribution in [1.29, 1.82) is 0 Å². The number of hydrazone groups is 1. The van der Waals surface area contributed by atoms with Crippen molar-refractivity contribution in [3.8, 4) is 17.2 Å². The van der Waals surface area contributed by atoms with Gasteiger partial charge in [0.2, 0.25) is 5.75 Å². The number of amides is 1. The summed E-state index contributed by atoms with van der Waals surface area (Å²) in [4.78, 5) is 34.3. The van der Waals surface area contributed by atoms with Crippen LogP contribution in [0, 0.1) is 24.0 Å². The lowest BCUT2D eigenvalue weighted by atomic mass is 10.2. The SMILES string of the molecule is Cc1ccc(C)n1-c1ccc(OCc2ccc(C(=O)N/N=C/c3cccc([N+](=O)[O-])c3O[C@@H](C)C(=O)O)o2)cc1. The number of rotatable bonds is 11. The Morgan fingerprint density at radius 1 is 1.10 bits per heavy atom. The highest BCUT2D eigenvalue weighted by Crippen LogP contribution is 2.31. The Morgan fingerprint density at radius 3 is 2.45 bits per heavy atom. The molecular formula is C28H26N4O8. The molecule has 0 aliphatic carbocycles. The summed E-state index contributed by atoms with van der Waals surface area (Å²) in [5, 5.41) is 24.3. The maximum atomic E-state index is 12.5. The fraction of sp³-hybridized carbons (Fsp3) is 0.179. The molecule has 0 aliphatic rings. The fourth-order valence-corrected chi connectivity index (χ4v) is 3.86. The van der Waals surface area contributed by atoms with Gasteiger partial charge in [-0.1, -0.05) is 6.07 Å². The molecule has 40 heavy (non-hydrogen) atoms. The van der Waals surface area contributed by atoms with Gasteiger partial charge >= 0.3 is 17.6 Å². The van der Waals surface area contributed by atoms with Crippen LogP contribution in [0.25, 0.3) is 5.69 Å². The van der Waals surface area contributed by atoms with Gasteiger partial charge in [-0.3, -0.25) is 14.9 Å². The predicted octanol–water partition coefficient (Wildman–Crippen LogP) is 4.79. The minimum Gasteiger partial charge on any atom is -0.486 e. The van der Waals surface area contributed by atoms with Crippen molar-refractivity contribution in [2.24, 2.45) is 5.10 Å². The van der Waals surface area contributed by atoms with Crippen molar-refractivity contribution < 1.29 is 33.5 Å². The van der Waals surface area contributed by atoms with Crippen molar-refractivity contribution in [1.82, 2.24) is 9.99 Å². The van der Waals surface area contributed by atoms with Gasteiger partial charge < -0.3 is 23.6 Å². The van der Waals surface area contributed by atoms with Crippen LogP contribution in [0.15, 0.2) is 76.2 Å². The van der Waals surface area contributed by atoms with E-state index in [4.69, 9.17) is 19.0 Å². The molecule has 0 saturated carbocycles. The smallest absolute Gasteiger partial charge is 0.344 e. The van der Waals surface area contributed by atoms with Gasteiger partial charge in [-0.25, -0.2) is 10.2 Å². The second-order valence-corrected chi connectivity index (χ2v) is 8.75. The Labute approximate surface area is 228 Å². The van der Waals surface area contributed by atoms with Gasteiger partial charge in [0.25, 0.3) is 0 Å². The summed E-state index contributed by atoms with van der Waals surface area (Å²) in [7, 11) is 0. The van der Waals surface area contributed by atoms with Crippen molar-refractivity contribution in [2.45, 2.75) is 33.5 Å². The molecule has 4 aromatic rings. The zero-order valence-corrected chi connectivity index (χ0v) is 21.9. The average Bonchev–Trinajstić information content (AvgIpc) is 3.54. The first-order valence-electron chi connectivity index (χ1n) is 12.1. The number of carboxylic acid groups (broad SMARTS) is 1. The van der Waals surface area contributed by atoms with Gasteiger partial charge in [0, 0.05) is 28.7 Å². The molecule has 1 atom stereocenters. The van der Waals surface area contributed by atoms with E-state index in [1.165, 1.54) is 31.2 Å². The Balaban J connectivity index is 1.37. The molecular weight excluding hydrogens is 520 g/mol. The van der Waals surface area contributed by atoms with E-state index in [0.29, 0.717) is 11.5 Å². The number of nitrogens with zero attached hydrogens (tertiary/aromatic N) is 3. The average molecular weight is 547 g/mol. The monoisotopic (exact) mass is 546 g/mol. The summed E-state index contributed by atoms with van der Waals surface area (Å²) >= 11 is 0. The van der Waals surface area contributed by atoms with Crippen LogP contribution in [0.1, 0.15) is 40.2 Å². The van der Waals surface area contributed by atoms with Crippen LogP contribution >= 0.6 is 0 Å². The maximum absolute atomic E-state index is 12.5. The van der Waals surface area contributed by atoms with Crippen LogP contribution in [0.3, 0.4) is 0 Å². The lowest BCUT2D eigenvalue weighted by molar-refractivity contribution is -0.386. The number of furan rings is 1. The first kappa shape index (κ1) is 27.6. The highest BCUT2D eigenvalue weighted by molar-refractivity contribution is 5.93. The molecule has 2 aromatic heterocycles. The van der Waals surface area contributed by atoms with Crippen LogP contribution in [-0.2, 0) is 11.4 Å². The van der Waals surface area contributed by atoms with E-state index < -0.39 is 28.6 Å². The number of hydrogen-bond acceptors (Lipinski definition) is 8. The summed E-state index contributed by atoms with van der Waals surface area (Å²) < 4.78 is 18.7. The largest absolute Gasteiger partial charge is 0.486 e. The number of carboxylic acids is 1. The van der Waals surface area contributed by atoms with Crippen LogP contribution < -0.4 is 14.9 Å². The highest BCUT2D eigenvalue weighted by Gasteiger charge is 2.23. The number of benzene rings is 2. The maximum Gasteiger partial charge on any atom is 0.344 e. The highest BCUT2D eigenvalue weighted by atomic mass is 16.6. The quantitative estimate of drug-likeness (QED) is 0.154. The van der Waals surface area contributed by atoms with Crippen LogP contribution in [-0.4, -0.2) is 38.8 Å². The number of aliphatic carboxylic acids is 1. The van der Waals surface area contributed by atoms with Crippen molar-refractivity contribution in [3.05, 3.63) is 105 Å². The number of ether oxygens (including phenoxy) is 2. The molecule has 12 heteroatoms. The van der Waals surface area contributed by atoms with Gasteiger partial charge in [0.05, 0.1) is 11.1 Å². The normalized spacial score (nSPS) is 11.8. The number of para-hydroxylation sites is 1. The van der Waals surface area contributed by atoms with Crippen LogP contribution in [0.4, 0.5) is 5.69 Å². The number of nitro benzene ring substituents is 1. The summed E-state index contributed by atoms with van der Waals surface area (Å²) in [6.07, 6.45) is -0.236. The molecule has 0 fully saturated rings. The standard InChI is InChI=1S/C28H26N4O8/c1-17-7-8-18(2)31(17)21-9-11-22(12-10-21)38-16-23-13-14-25(40-23)27(33)30-29-15-20-5-4-6-24(32(36)37)26(20)39-19(3)28(34)35/h4-15,19H,16H2,1-3H3,(H,30,33)(H,34,35)/b29-15+/t19-/m0/s1. The van der Waals surface area contributed by atoms with Crippen LogP contribution in [0.5, 0.6) is 11.5 Å². The lowest BCUT2D eigenvalue weighted by Crippen LogP contribution is -2.24. The van der Waals surface area contributed by atoms with Crippen molar-refractivity contribution >= 4 is 23.8 Å². The first-order chi connectivity index (χ1) is 19.1. The molecule has 0 spiro atoms. The van der Waals surface area contributed by atoms with Crippen LogP contribution in [0.2, 0.25) is 0 Å². The van der Waals surface area contributed by atoms with Gasteiger partial charge in [-0.05, 0) is 75.4 Å². The first-order valence-corrected chi connectivity index (χ1v) is 12.1. The minimum absolute atomic E-state index is 0.0281. The molecule has 0 aliphatic heterocycles. The van der Waals surface area contributed by atoms with Crippen molar-refractivity contribution in [3.63, 3.8) is 0 Å². The number of carbonyl (C=O) groups excluding carboxylic acids is 1. The van der Waals surface area contributed by atoms with Crippen molar-refractivity contribution in [2.75, 3.05) is 0 Å². The summed E-state index contributed by atoms with van der Waals surface area (Å²) in [5.41, 5.74) is 5.20. The van der Waals surface area contributed by atoms with E-state index in [9.17, 15) is 19.7 Å². The topological polar surface area (TPSA) is 158 Å². The van der Waals surface area contributed by atoms with E-state index in [1.54, 1.807) is 6.07 Å². The lowest BCUT2D eigenvalue weighted by Gasteiger charge is -2.12. The molecule has 206 valence electrons. The second kappa shape index (κ2) is 12.0. The molecule has 2 heterocycles. The number of nitrogens with one attached hydrogen (secondary N) is 1. The zero-order chi connectivity index (χ0) is 28.8. The van der Waals surface area contributed by atoms with E-state index in [1.807, 2.05) is 38.1 Å². The number of carbonyl (C=O) groups is 2. The molecule has 12 nitrogen and oxygen atoms in total. The molecule has 2 aromatic carbocycles. The molecule has 0 unspecified atom stereocenters. The Bertz CT molecular complexity index is 1550. The predicted molar refractivity (Wildman–Crippen MR) is 144 cm³/mol. The zero-order valence-electron chi connectivity index (χ0n) is 21.9. The Kier molecular flexibility index (Phi) is 8.28. The van der Waals surface area contributed by atoms with E-state index >= 15 is 0 Å². The van der Waals surface area contributed by atoms with Gasteiger partial charge in [0.15, 0.2) is 11.9 Å². The molecule has 0 saturated heterocycles. The summed E-state index contributed by atoms with van der Waals surface area (Å²) in [6.45, 7) is 5.40. The minimum atomic E-state index is -1.35. The summed E-state index contributed by atoms with van der Waals surface area (Å²) in [5.74, 6) is -1.25. The molecule has 1 amide bonds. The second-order valence-electron chi connectivity index (χ2n) is 8.75. The van der Waals surface area contributed by atoms with E-state index in [-0.39, 0.29) is 23.7 Å². The van der Waals surface area contributed by atoms with Gasteiger partial charge in [0.1, 0.15) is 18.1 Å². The molecule has 4 rings (SSSR count).